The Balaban J connectivity index is 1.42. The molecule has 4 aromatic rings. The standard InChI is InChI=1S/C26H30N6OS2/c1-5-8-9-18-10-11-20(16-22(18)33-4)29-30-24-17-23-25(35-24)27-26(34-23)31-28-19-12-14-21(15-13-19)32(6-2)7-3/h10-17H,5-9H2,1-4H3. The van der Waals surface area contributed by atoms with Crippen LogP contribution in [0.3, 0.4) is 0 Å². The fourth-order valence-electron chi connectivity index (χ4n) is 3.70. The molecule has 0 amide bonds. The van der Waals surface area contributed by atoms with Gasteiger partial charge in [0, 0.05) is 24.8 Å². The molecule has 0 bridgehead atoms. The molecule has 0 radical (unpaired) electrons. The maximum atomic E-state index is 5.54. The molecule has 0 saturated carbocycles. The van der Waals surface area contributed by atoms with E-state index < -0.39 is 0 Å². The van der Waals surface area contributed by atoms with Crippen molar-refractivity contribution in [1.82, 2.24) is 4.98 Å². The molecule has 0 saturated heterocycles. The van der Waals surface area contributed by atoms with Gasteiger partial charge < -0.3 is 9.64 Å². The summed E-state index contributed by atoms with van der Waals surface area (Å²) in [6.45, 7) is 8.46. The van der Waals surface area contributed by atoms with Crippen molar-refractivity contribution < 1.29 is 4.74 Å². The molecule has 0 unspecified atom stereocenters. The molecule has 0 aliphatic heterocycles. The van der Waals surface area contributed by atoms with Crippen LogP contribution in [-0.2, 0) is 6.42 Å². The third-order valence-corrected chi connectivity index (χ3v) is 7.56. The Hall–Kier alpha value is -3.17. The Morgan fingerprint density at radius 1 is 0.857 bits per heavy atom. The summed E-state index contributed by atoms with van der Waals surface area (Å²) in [6, 6.07) is 16.1. The van der Waals surface area contributed by atoms with E-state index in [0.717, 1.165) is 64.0 Å². The lowest BCUT2D eigenvalue weighted by Crippen LogP contribution is -2.21. The molecule has 0 aliphatic carbocycles. The average molecular weight is 507 g/mol. The highest BCUT2D eigenvalue weighted by Gasteiger charge is 2.09. The van der Waals surface area contributed by atoms with Crippen molar-refractivity contribution in [1.29, 1.82) is 0 Å². The number of methoxy groups -OCH3 is 1. The highest BCUT2D eigenvalue weighted by atomic mass is 32.1. The van der Waals surface area contributed by atoms with Crippen LogP contribution in [-0.4, -0.2) is 25.2 Å². The number of hydrogen-bond donors (Lipinski definition) is 0. The number of fused-ring (bicyclic) bond motifs is 1. The van der Waals surface area contributed by atoms with Crippen molar-refractivity contribution in [2.45, 2.75) is 40.0 Å². The van der Waals surface area contributed by atoms with Crippen LogP contribution < -0.4 is 9.64 Å². The minimum absolute atomic E-state index is 0.634. The molecule has 2 heterocycles. The number of rotatable bonds is 11. The summed E-state index contributed by atoms with van der Waals surface area (Å²) in [5.74, 6) is 0.862. The number of thiazole rings is 1. The smallest absolute Gasteiger partial charge is 0.231 e. The van der Waals surface area contributed by atoms with Crippen molar-refractivity contribution in [3.05, 3.63) is 54.1 Å². The van der Waals surface area contributed by atoms with Crippen molar-refractivity contribution in [3.63, 3.8) is 0 Å². The zero-order valence-electron chi connectivity index (χ0n) is 20.6. The van der Waals surface area contributed by atoms with Crippen molar-refractivity contribution in [3.8, 4) is 5.75 Å². The highest BCUT2D eigenvalue weighted by Crippen LogP contribution is 2.39. The number of nitrogens with zero attached hydrogens (tertiary/aromatic N) is 6. The average Bonchev–Trinajstić information content (AvgIpc) is 3.45. The van der Waals surface area contributed by atoms with E-state index >= 15 is 0 Å². The van der Waals surface area contributed by atoms with Gasteiger partial charge in [0.05, 0.1) is 23.2 Å². The molecule has 4 rings (SSSR count). The molecule has 7 nitrogen and oxygen atoms in total. The molecule has 0 spiro atoms. The molecule has 182 valence electrons. The van der Waals surface area contributed by atoms with Crippen LogP contribution in [0.25, 0.3) is 9.53 Å². The molecule has 2 aromatic carbocycles. The van der Waals surface area contributed by atoms with E-state index in [9.17, 15) is 0 Å². The summed E-state index contributed by atoms with van der Waals surface area (Å²) in [4.78, 5) is 7.78. The molecule has 0 N–H and O–H groups in total. The number of aryl methyl sites for hydroxylation is 1. The first-order chi connectivity index (χ1) is 17.1. The Kier molecular flexibility index (Phi) is 8.54. The second-order valence-electron chi connectivity index (χ2n) is 7.94. The van der Waals surface area contributed by atoms with Crippen molar-refractivity contribution in [2.75, 3.05) is 25.1 Å². The Bertz CT molecular complexity index is 1270. The van der Waals surface area contributed by atoms with Crippen LogP contribution in [0.15, 0.2) is 69.0 Å². The first kappa shape index (κ1) is 24.9. The van der Waals surface area contributed by atoms with Crippen LogP contribution in [0.5, 0.6) is 5.75 Å². The van der Waals surface area contributed by atoms with E-state index in [0.29, 0.717) is 5.13 Å². The molecule has 0 atom stereocenters. The molecular weight excluding hydrogens is 476 g/mol. The van der Waals surface area contributed by atoms with Gasteiger partial charge in [-0.3, -0.25) is 0 Å². The summed E-state index contributed by atoms with van der Waals surface area (Å²) in [6.07, 6.45) is 3.30. The number of benzene rings is 2. The van der Waals surface area contributed by atoms with Gasteiger partial charge in [-0.05, 0) is 68.7 Å². The summed E-state index contributed by atoms with van der Waals surface area (Å²) in [5, 5.41) is 18.9. The second-order valence-corrected chi connectivity index (χ2v) is 9.96. The summed E-state index contributed by atoms with van der Waals surface area (Å²) in [7, 11) is 1.70. The lowest BCUT2D eigenvalue weighted by Gasteiger charge is -2.20. The molecule has 9 heteroatoms. The van der Waals surface area contributed by atoms with Crippen LogP contribution in [0.1, 0.15) is 39.2 Å². The van der Waals surface area contributed by atoms with Gasteiger partial charge in [0.25, 0.3) is 0 Å². The van der Waals surface area contributed by atoms with Gasteiger partial charge in [0.1, 0.15) is 15.6 Å². The molecular formula is C26H30N6OS2. The quantitative estimate of drug-likeness (QED) is 0.190. The van der Waals surface area contributed by atoms with Gasteiger partial charge in [-0.2, -0.15) is 0 Å². The van der Waals surface area contributed by atoms with Gasteiger partial charge in [0.15, 0.2) is 0 Å². The molecule has 0 fully saturated rings. The molecule has 35 heavy (non-hydrogen) atoms. The van der Waals surface area contributed by atoms with E-state index in [2.05, 4.69) is 69.3 Å². The number of ether oxygens (including phenoxy) is 1. The first-order valence-electron chi connectivity index (χ1n) is 11.9. The zero-order chi connectivity index (χ0) is 24.6. The summed E-state index contributed by atoms with van der Waals surface area (Å²) >= 11 is 2.99. The summed E-state index contributed by atoms with van der Waals surface area (Å²) < 4.78 is 6.57. The maximum absolute atomic E-state index is 5.54. The summed E-state index contributed by atoms with van der Waals surface area (Å²) in [5.41, 5.74) is 3.98. The van der Waals surface area contributed by atoms with E-state index in [-0.39, 0.29) is 0 Å². The third-order valence-electron chi connectivity index (χ3n) is 5.63. The van der Waals surface area contributed by atoms with Crippen LogP contribution in [0.2, 0.25) is 0 Å². The van der Waals surface area contributed by atoms with Gasteiger partial charge in [0.2, 0.25) is 5.13 Å². The minimum atomic E-state index is 0.634. The van der Waals surface area contributed by atoms with E-state index in [1.165, 1.54) is 33.9 Å². The predicted octanol–water partition coefficient (Wildman–Crippen LogP) is 9.39. The lowest BCUT2D eigenvalue weighted by molar-refractivity contribution is 0.409. The number of azo groups is 2. The van der Waals surface area contributed by atoms with Crippen LogP contribution >= 0.6 is 22.7 Å². The Morgan fingerprint density at radius 3 is 2.29 bits per heavy atom. The Morgan fingerprint density at radius 2 is 1.60 bits per heavy atom. The fraction of sp³-hybridized carbons (Fsp3) is 0.346. The predicted molar refractivity (Wildman–Crippen MR) is 147 cm³/mol. The Labute approximate surface area is 214 Å². The second kappa shape index (κ2) is 12.0. The number of thiophene rings is 1. The first-order valence-corrected chi connectivity index (χ1v) is 13.5. The molecule has 0 aliphatic rings. The van der Waals surface area contributed by atoms with Gasteiger partial charge in [-0.1, -0.05) is 42.1 Å². The number of hydrogen-bond acceptors (Lipinski definition) is 9. The fourth-order valence-corrected chi connectivity index (χ4v) is 5.55. The zero-order valence-corrected chi connectivity index (χ0v) is 22.2. The lowest BCUT2D eigenvalue weighted by atomic mass is 10.1. The van der Waals surface area contributed by atoms with Crippen molar-refractivity contribution >= 4 is 59.4 Å². The number of anilines is 1. The van der Waals surface area contributed by atoms with Gasteiger partial charge >= 0.3 is 0 Å². The van der Waals surface area contributed by atoms with Crippen LogP contribution in [0, 0.1) is 0 Å². The topological polar surface area (TPSA) is 74.8 Å². The van der Waals surface area contributed by atoms with E-state index in [1.807, 2.05) is 30.3 Å². The monoisotopic (exact) mass is 506 g/mol. The number of aromatic nitrogens is 1. The van der Waals surface area contributed by atoms with Crippen LogP contribution in [0.4, 0.5) is 27.2 Å². The maximum Gasteiger partial charge on any atom is 0.231 e. The largest absolute Gasteiger partial charge is 0.496 e. The normalized spacial score (nSPS) is 11.8. The van der Waals surface area contributed by atoms with E-state index in [1.54, 1.807) is 7.11 Å². The van der Waals surface area contributed by atoms with Gasteiger partial charge in [-0.25, -0.2) is 4.98 Å². The van der Waals surface area contributed by atoms with Crippen molar-refractivity contribution in [2.24, 2.45) is 20.5 Å². The number of unbranched alkanes of at least 4 members (excludes halogenated alkanes) is 1. The third kappa shape index (κ3) is 6.29. The SMILES string of the molecule is CCCCc1ccc(N=Nc2cc3sc(N=Nc4ccc(N(CC)CC)cc4)nc3s2)cc1OC. The van der Waals surface area contributed by atoms with Gasteiger partial charge in [-0.15, -0.1) is 20.5 Å². The highest BCUT2D eigenvalue weighted by molar-refractivity contribution is 7.30. The van der Waals surface area contributed by atoms with E-state index in [4.69, 9.17) is 4.74 Å². The molecule has 2 aromatic heterocycles. The minimum Gasteiger partial charge on any atom is -0.496 e.